The molecule has 0 saturated carbocycles. The summed E-state index contributed by atoms with van der Waals surface area (Å²) in [6.07, 6.45) is 3.54. The van der Waals surface area contributed by atoms with Gasteiger partial charge in [0.15, 0.2) is 11.5 Å². The smallest absolute Gasteiger partial charge is 0.224 e. The van der Waals surface area contributed by atoms with Crippen molar-refractivity contribution < 1.29 is 9.47 Å². The Morgan fingerprint density at radius 3 is 2.32 bits per heavy atom. The zero-order valence-electron chi connectivity index (χ0n) is 16.3. The van der Waals surface area contributed by atoms with Crippen molar-refractivity contribution in [1.29, 1.82) is 0 Å². The average molecular weight is 378 g/mol. The van der Waals surface area contributed by atoms with Gasteiger partial charge in [0.05, 0.1) is 14.2 Å². The number of methoxy groups -OCH3 is 2. The minimum atomic E-state index is 0.616. The van der Waals surface area contributed by atoms with Crippen LogP contribution >= 0.6 is 0 Å². The number of hydrogen-bond donors (Lipinski definition) is 2. The van der Waals surface area contributed by atoms with E-state index in [4.69, 9.17) is 9.47 Å². The molecule has 146 valence electrons. The molecule has 0 unspecified atom stereocenters. The van der Waals surface area contributed by atoms with Crippen molar-refractivity contribution in [3.05, 3.63) is 71.9 Å². The van der Waals surface area contributed by atoms with Gasteiger partial charge in [-0.25, -0.2) is 4.98 Å². The Balaban J connectivity index is 1.48. The molecule has 1 heterocycles. The molecule has 0 aliphatic rings. The third kappa shape index (κ3) is 5.61. The first-order chi connectivity index (χ1) is 13.8. The Bertz CT molecular complexity index is 871. The predicted octanol–water partition coefficient (Wildman–Crippen LogP) is 3.80. The van der Waals surface area contributed by atoms with Crippen molar-refractivity contribution in [2.24, 2.45) is 0 Å². The maximum Gasteiger partial charge on any atom is 0.224 e. The number of aromatic nitrogens is 2. The number of hydrogen-bond acceptors (Lipinski definition) is 6. The van der Waals surface area contributed by atoms with Crippen LogP contribution in [0.15, 0.2) is 60.8 Å². The lowest BCUT2D eigenvalue weighted by Gasteiger charge is -2.11. The second-order valence-electron chi connectivity index (χ2n) is 6.29. The Labute approximate surface area is 166 Å². The third-order valence-electron chi connectivity index (χ3n) is 4.36. The second-order valence-corrected chi connectivity index (χ2v) is 6.29. The number of nitrogens with zero attached hydrogens (tertiary/aromatic N) is 2. The Hall–Kier alpha value is -3.28. The molecule has 0 aliphatic carbocycles. The Kier molecular flexibility index (Phi) is 7.07. The lowest BCUT2D eigenvalue weighted by atomic mass is 10.1. The molecule has 0 aliphatic heterocycles. The van der Waals surface area contributed by atoms with Crippen LogP contribution in [0, 0.1) is 0 Å². The maximum absolute atomic E-state index is 5.35. The molecule has 1 aromatic heterocycles. The fourth-order valence-corrected chi connectivity index (χ4v) is 2.88. The first kappa shape index (κ1) is 19.5. The van der Waals surface area contributed by atoms with Gasteiger partial charge in [0.1, 0.15) is 5.82 Å². The molecule has 0 radical (unpaired) electrons. The highest BCUT2D eigenvalue weighted by molar-refractivity contribution is 5.43. The lowest BCUT2D eigenvalue weighted by Crippen LogP contribution is -2.11. The summed E-state index contributed by atoms with van der Waals surface area (Å²) in [6.45, 7) is 1.55. The second kappa shape index (κ2) is 10.2. The van der Waals surface area contributed by atoms with Crippen molar-refractivity contribution in [3.63, 3.8) is 0 Å². The van der Waals surface area contributed by atoms with Crippen LogP contribution in [-0.2, 0) is 12.8 Å². The quantitative estimate of drug-likeness (QED) is 0.559. The van der Waals surface area contributed by atoms with Gasteiger partial charge in [-0.2, -0.15) is 4.98 Å². The summed E-state index contributed by atoms with van der Waals surface area (Å²) in [6, 6.07) is 18.2. The van der Waals surface area contributed by atoms with E-state index in [0.29, 0.717) is 5.95 Å². The highest BCUT2D eigenvalue weighted by Crippen LogP contribution is 2.27. The zero-order valence-corrected chi connectivity index (χ0v) is 16.3. The number of nitrogens with one attached hydrogen (secondary N) is 2. The highest BCUT2D eigenvalue weighted by atomic mass is 16.5. The van der Waals surface area contributed by atoms with E-state index in [1.54, 1.807) is 20.4 Å². The normalized spacial score (nSPS) is 10.4. The molecular weight excluding hydrogens is 352 g/mol. The van der Waals surface area contributed by atoms with Crippen LogP contribution in [0.25, 0.3) is 0 Å². The van der Waals surface area contributed by atoms with Gasteiger partial charge in [-0.3, -0.25) is 0 Å². The van der Waals surface area contributed by atoms with E-state index in [0.717, 1.165) is 48.8 Å². The van der Waals surface area contributed by atoms with Gasteiger partial charge >= 0.3 is 0 Å². The summed E-state index contributed by atoms with van der Waals surface area (Å²) in [5.74, 6) is 2.91. The van der Waals surface area contributed by atoms with E-state index in [2.05, 4.69) is 44.9 Å². The van der Waals surface area contributed by atoms with E-state index in [1.807, 2.05) is 30.3 Å². The highest BCUT2D eigenvalue weighted by Gasteiger charge is 2.05. The summed E-state index contributed by atoms with van der Waals surface area (Å²) < 4.78 is 10.6. The molecule has 0 spiro atoms. The van der Waals surface area contributed by atoms with Crippen LogP contribution in [-0.4, -0.2) is 37.3 Å². The topological polar surface area (TPSA) is 68.3 Å². The number of ether oxygens (including phenoxy) is 2. The van der Waals surface area contributed by atoms with Crippen molar-refractivity contribution in [1.82, 2.24) is 9.97 Å². The van der Waals surface area contributed by atoms with Crippen LogP contribution in [0.4, 0.5) is 11.8 Å². The van der Waals surface area contributed by atoms with Gasteiger partial charge < -0.3 is 20.1 Å². The van der Waals surface area contributed by atoms with Gasteiger partial charge in [0, 0.05) is 19.3 Å². The van der Waals surface area contributed by atoms with Crippen LogP contribution in [0.3, 0.4) is 0 Å². The molecule has 6 heteroatoms. The number of rotatable bonds is 10. The monoisotopic (exact) mass is 378 g/mol. The summed E-state index contributed by atoms with van der Waals surface area (Å²) in [5, 5.41) is 6.62. The van der Waals surface area contributed by atoms with Gasteiger partial charge in [0.2, 0.25) is 5.95 Å². The molecule has 3 aromatic rings. The van der Waals surface area contributed by atoms with Crippen molar-refractivity contribution >= 4 is 11.8 Å². The third-order valence-corrected chi connectivity index (χ3v) is 4.36. The largest absolute Gasteiger partial charge is 0.493 e. The molecule has 3 rings (SSSR count). The Morgan fingerprint density at radius 1 is 0.786 bits per heavy atom. The molecule has 0 fully saturated rings. The van der Waals surface area contributed by atoms with Crippen LogP contribution < -0.4 is 20.1 Å². The number of benzene rings is 2. The molecule has 0 atom stereocenters. The van der Waals surface area contributed by atoms with E-state index in [-0.39, 0.29) is 0 Å². The summed E-state index contributed by atoms with van der Waals surface area (Å²) >= 11 is 0. The van der Waals surface area contributed by atoms with Gasteiger partial charge in [0.25, 0.3) is 0 Å². The first-order valence-electron chi connectivity index (χ1n) is 9.34. The molecule has 6 nitrogen and oxygen atoms in total. The summed E-state index contributed by atoms with van der Waals surface area (Å²) in [7, 11) is 3.28. The van der Waals surface area contributed by atoms with Crippen molar-refractivity contribution in [3.8, 4) is 11.5 Å². The lowest BCUT2D eigenvalue weighted by molar-refractivity contribution is 0.354. The fourth-order valence-electron chi connectivity index (χ4n) is 2.88. The zero-order chi connectivity index (χ0) is 19.6. The molecular formula is C22H26N4O2. The maximum atomic E-state index is 5.35. The molecule has 0 amide bonds. The predicted molar refractivity (Wildman–Crippen MR) is 112 cm³/mol. The van der Waals surface area contributed by atoms with E-state index in [1.165, 1.54) is 5.56 Å². The van der Waals surface area contributed by atoms with Crippen LogP contribution in [0.5, 0.6) is 11.5 Å². The SMILES string of the molecule is COc1ccc(CCNc2nccc(NCCc3ccccc3)n2)cc1OC. The standard InChI is InChI=1S/C22H26N4O2/c1-27-19-9-8-18(16-20(19)28-2)11-14-24-22-25-15-12-21(26-22)23-13-10-17-6-4-3-5-7-17/h3-9,12,15-16H,10-11,13-14H2,1-2H3,(H2,23,24,25,26). The molecule has 28 heavy (non-hydrogen) atoms. The minimum Gasteiger partial charge on any atom is -0.493 e. The average Bonchev–Trinajstić information content (AvgIpc) is 2.75. The van der Waals surface area contributed by atoms with E-state index in [9.17, 15) is 0 Å². The Morgan fingerprint density at radius 2 is 1.54 bits per heavy atom. The van der Waals surface area contributed by atoms with Crippen LogP contribution in [0.2, 0.25) is 0 Å². The van der Waals surface area contributed by atoms with Gasteiger partial charge in [-0.1, -0.05) is 36.4 Å². The summed E-state index contributed by atoms with van der Waals surface area (Å²) in [4.78, 5) is 8.81. The summed E-state index contributed by atoms with van der Waals surface area (Å²) in [5.41, 5.74) is 2.46. The van der Waals surface area contributed by atoms with E-state index >= 15 is 0 Å². The molecule has 2 N–H and O–H groups in total. The molecule has 0 bridgehead atoms. The number of anilines is 2. The van der Waals surface area contributed by atoms with Crippen molar-refractivity contribution in [2.75, 3.05) is 37.9 Å². The minimum absolute atomic E-state index is 0.616. The molecule has 2 aromatic carbocycles. The van der Waals surface area contributed by atoms with Crippen molar-refractivity contribution in [2.45, 2.75) is 12.8 Å². The molecule has 0 saturated heterocycles. The van der Waals surface area contributed by atoms with E-state index < -0.39 is 0 Å². The van der Waals surface area contributed by atoms with Crippen LogP contribution in [0.1, 0.15) is 11.1 Å². The fraction of sp³-hybridized carbons (Fsp3) is 0.273. The first-order valence-corrected chi connectivity index (χ1v) is 9.34. The van der Waals surface area contributed by atoms with Gasteiger partial charge in [-0.15, -0.1) is 0 Å². The van der Waals surface area contributed by atoms with Gasteiger partial charge in [-0.05, 0) is 42.2 Å².